The summed E-state index contributed by atoms with van der Waals surface area (Å²) < 4.78 is 205. The van der Waals surface area contributed by atoms with E-state index in [4.69, 9.17) is 9.79 Å². The molecule has 0 aromatic rings. The molecule has 458 valence electrons. The highest BCUT2D eigenvalue weighted by Gasteiger charge is 2.22. The molecule has 76 heavy (non-hydrogen) atoms. The Morgan fingerprint density at radius 3 is 0.632 bits per heavy atom. The van der Waals surface area contributed by atoms with Crippen molar-refractivity contribution in [3.8, 4) is 0 Å². The molecule has 0 aromatic heterocycles. The van der Waals surface area contributed by atoms with E-state index in [9.17, 15) is 99.1 Å². The second kappa shape index (κ2) is 37.3. The minimum Gasteiger partial charge on any atom is -0.756 e. The van der Waals surface area contributed by atoms with Crippen LogP contribution in [0.4, 0.5) is 4.48 Å². The summed E-state index contributed by atoms with van der Waals surface area (Å²) in [7, 11) is -50.9. The fourth-order valence-electron chi connectivity index (χ4n) is 3.91. The zero-order valence-electron chi connectivity index (χ0n) is 38.6. The lowest BCUT2D eigenvalue weighted by Crippen LogP contribution is -2.28. The lowest BCUT2D eigenvalue weighted by molar-refractivity contribution is -0.238. The van der Waals surface area contributed by atoms with Gasteiger partial charge in [-0.15, -0.1) is 4.48 Å². The monoisotopic (exact) mass is 1320 g/mol. The Balaban J connectivity index is 4.31. The number of phosphoric ester groups is 10. The van der Waals surface area contributed by atoms with Crippen molar-refractivity contribution in [2.75, 3.05) is 139 Å². The second-order valence-electron chi connectivity index (χ2n) is 13.0. The third kappa shape index (κ3) is 46.4. The maximum absolute atomic E-state index is 12.4. The zero-order chi connectivity index (χ0) is 58.4. The Morgan fingerprint density at radius 1 is 0.316 bits per heavy atom. The summed E-state index contributed by atoms with van der Waals surface area (Å²) in [5.41, 5.74) is 1.08. The van der Waals surface area contributed by atoms with Crippen molar-refractivity contribution >= 4 is 78.2 Å². The molecule has 0 saturated carbocycles. The van der Waals surface area contributed by atoms with Gasteiger partial charge >= 0.3 is 0 Å². The van der Waals surface area contributed by atoms with Gasteiger partial charge in [0, 0.05) is 24.9 Å². The Kier molecular flexibility index (Phi) is 37.8. The van der Waals surface area contributed by atoms with Crippen LogP contribution < -0.4 is 59.8 Å². The number of halogens is 1. The third-order valence-electron chi connectivity index (χ3n) is 6.82. The predicted molar refractivity (Wildman–Crippen MR) is 218 cm³/mol. The smallest absolute Gasteiger partial charge is 0.268 e. The second-order valence-corrected chi connectivity index (χ2v) is 26.7. The van der Waals surface area contributed by atoms with Gasteiger partial charge in [-0.3, -0.25) is 45.7 Å². The van der Waals surface area contributed by atoms with Gasteiger partial charge in [0.05, 0.1) is 119 Å². The Labute approximate surface area is 429 Å². The molecule has 12 atom stereocenters. The fraction of sp³-hybridized carbons (Fsp3) is 1.00. The lowest BCUT2D eigenvalue weighted by atomic mass is 10.2. The van der Waals surface area contributed by atoms with E-state index in [0.717, 1.165) is 5.54 Å². The van der Waals surface area contributed by atoms with Gasteiger partial charge in [0.2, 0.25) is 0 Å². The molecule has 4 N–H and O–H groups in total. The van der Waals surface area contributed by atoms with Gasteiger partial charge in [0.15, 0.2) is 0 Å². The average molecular weight is 1320 g/mol. The average Bonchev–Trinajstić information content (AvgIpc) is 3.27. The maximum Gasteiger partial charge on any atom is 0.268 e. The summed E-state index contributed by atoms with van der Waals surface area (Å²) in [5.74, 6) is -2.21. The Morgan fingerprint density at radius 2 is 0.474 bits per heavy atom. The van der Waals surface area contributed by atoms with Gasteiger partial charge in [-0.25, -0.2) is 0 Å². The third-order valence-corrected chi connectivity index (χ3v) is 15.7. The first-order valence-electron chi connectivity index (χ1n) is 19.9. The normalized spacial score (nSPS) is 21.2. The van der Waals surface area contributed by atoms with Crippen molar-refractivity contribution in [1.29, 1.82) is 0 Å². The number of hydrogen-bond donors (Lipinski definition) is 4. The van der Waals surface area contributed by atoms with Crippen molar-refractivity contribution in [3.05, 3.63) is 0 Å². The summed E-state index contributed by atoms with van der Waals surface area (Å²) in [4.78, 5) is 133. The summed E-state index contributed by atoms with van der Waals surface area (Å²) in [6, 6.07) is 0. The van der Waals surface area contributed by atoms with E-state index in [2.05, 4.69) is 86.7 Å². The molecule has 0 saturated heterocycles. The SMILES string of the molecule is CNCC(COP(=O)([O-])O)COP(=O)([O-])OCCOP(=O)([O-])OCCOP(=O)([O-])OCCOP(=O)([O-])OCCOP(=O)([O-])OCCOP(=O)([O-])OCCOP(=O)([O-])OCCOP(=O)([O-])OCC(CNF)COP(=O)([O-])O. The highest BCUT2D eigenvalue weighted by molar-refractivity contribution is 7.48. The van der Waals surface area contributed by atoms with E-state index < -0.39 is 216 Å². The van der Waals surface area contributed by atoms with Crippen LogP contribution in [-0.2, 0) is 127 Å². The van der Waals surface area contributed by atoms with E-state index >= 15 is 0 Å². The molecule has 0 radical (unpaired) electrons. The molecule has 53 heteroatoms. The molecule has 0 bridgehead atoms. The molecule has 0 heterocycles. The molecular weight excluding hydrogens is 1270 g/mol. The van der Waals surface area contributed by atoms with Crippen LogP contribution >= 0.6 is 78.2 Å². The summed E-state index contributed by atoms with van der Waals surface area (Å²) >= 11 is 0. The molecular formula is C23H49FN2O40P10-10. The molecule has 0 amide bonds. The quantitative estimate of drug-likeness (QED) is 0.0250. The molecule has 12 unspecified atom stereocenters. The summed E-state index contributed by atoms with van der Waals surface area (Å²) in [5, 5.41) is 2.58. The van der Waals surface area contributed by atoms with Crippen molar-refractivity contribution in [1.82, 2.24) is 10.9 Å². The van der Waals surface area contributed by atoms with Gasteiger partial charge in [0.1, 0.15) is 0 Å². The fourth-order valence-corrected chi connectivity index (χ4v) is 10.3. The van der Waals surface area contributed by atoms with E-state index in [-0.39, 0.29) is 6.54 Å². The highest BCUT2D eigenvalue weighted by Crippen LogP contribution is 2.46. The van der Waals surface area contributed by atoms with Gasteiger partial charge in [-0.1, -0.05) is 0 Å². The van der Waals surface area contributed by atoms with E-state index in [1.54, 1.807) is 0 Å². The minimum atomic E-state index is -5.30. The number of rotatable bonds is 51. The molecule has 0 rings (SSSR count). The van der Waals surface area contributed by atoms with Crippen LogP contribution in [0.2, 0.25) is 0 Å². The lowest BCUT2D eigenvalue weighted by Gasteiger charge is -2.28. The van der Waals surface area contributed by atoms with E-state index in [0.29, 0.717) is 0 Å². The van der Waals surface area contributed by atoms with Crippen LogP contribution in [0.25, 0.3) is 0 Å². The maximum atomic E-state index is 12.4. The van der Waals surface area contributed by atoms with Gasteiger partial charge in [0.25, 0.3) is 78.2 Å². The van der Waals surface area contributed by atoms with Crippen LogP contribution in [0.15, 0.2) is 0 Å². The van der Waals surface area contributed by atoms with Crippen LogP contribution in [0.5, 0.6) is 0 Å². The molecule has 0 aliphatic rings. The first kappa shape index (κ1) is 77.0. The van der Waals surface area contributed by atoms with Crippen LogP contribution in [0.1, 0.15) is 0 Å². The van der Waals surface area contributed by atoms with Crippen LogP contribution in [0, 0.1) is 11.8 Å². The van der Waals surface area contributed by atoms with Gasteiger partial charge < -0.3 is 145 Å². The molecule has 0 spiro atoms. The largest absolute Gasteiger partial charge is 0.756 e. The van der Waals surface area contributed by atoms with Crippen LogP contribution in [0.3, 0.4) is 0 Å². The van der Waals surface area contributed by atoms with Crippen molar-refractivity contribution in [3.63, 3.8) is 0 Å². The number of hydrogen-bond acceptors (Lipinski definition) is 40. The first-order chi connectivity index (χ1) is 34.7. The minimum absolute atomic E-state index is 0.0341. The molecule has 42 nitrogen and oxygen atoms in total. The summed E-state index contributed by atoms with van der Waals surface area (Å²) in [6.07, 6.45) is 0. The molecule has 0 aliphatic carbocycles. The Bertz CT molecular complexity index is 2000. The molecule has 0 fully saturated rings. The molecule has 0 aromatic carbocycles. The van der Waals surface area contributed by atoms with E-state index in [1.165, 1.54) is 7.05 Å². The summed E-state index contributed by atoms with van der Waals surface area (Å²) in [6.45, 7) is -18.4. The van der Waals surface area contributed by atoms with Gasteiger partial charge in [-0.2, -0.15) is 5.54 Å². The predicted octanol–water partition coefficient (Wildman–Crippen LogP) is -6.12. The molecule has 0 aliphatic heterocycles. The zero-order valence-corrected chi connectivity index (χ0v) is 47.5. The number of phosphoric acid groups is 10. The van der Waals surface area contributed by atoms with Crippen molar-refractivity contribution < 1.29 is 190 Å². The number of nitrogens with one attached hydrogen (secondary N) is 2. The van der Waals surface area contributed by atoms with E-state index in [1.807, 2.05) is 0 Å². The van der Waals surface area contributed by atoms with Crippen LogP contribution in [-0.4, -0.2) is 149 Å². The van der Waals surface area contributed by atoms with Crippen molar-refractivity contribution in [2.24, 2.45) is 11.8 Å². The standard InChI is InChI=1S/C23H59FN2O40P10/c1-25-16-22(18-63-67(27,28)29)20-65-75(45,46)61-14-12-59-73(41,42)57-10-8-55-71(37,38)53-6-4-51-69(33,34)49-2-3-50-70(35,36)52-5-7-54-72(39,40)56-9-11-58-74(43,44)60-13-15-62-76(47,48)66-21-23(17-26-24)19-64-68(30,31)32/h22-23,25-26H,2-21H2,1H3,(H,33,34)(H,35,36)(H,37,38)(H,39,40)(H,41,42)(H,43,44)(H,45,46)(H,47,48)(H2,27,28,29)(H2,30,31,32)/p-10. The first-order valence-corrected chi connectivity index (χ1v) is 34.6. The van der Waals surface area contributed by atoms with Crippen molar-refractivity contribution in [2.45, 2.75) is 0 Å². The van der Waals surface area contributed by atoms with Gasteiger partial charge in [-0.05, 0) is 7.05 Å². The highest BCUT2D eigenvalue weighted by atomic mass is 31.2. The topological polar surface area (TPSA) is 632 Å². The Hall–Kier alpha value is 0.950.